The molecule has 0 saturated carbocycles. The van der Waals surface area contributed by atoms with Crippen LogP contribution in [0.1, 0.15) is 31.9 Å². The molecule has 0 atom stereocenters. The lowest BCUT2D eigenvalue weighted by Crippen LogP contribution is -2.11. The van der Waals surface area contributed by atoms with Crippen LogP contribution in [-0.2, 0) is 5.41 Å². The molecule has 1 aromatic carbocycles. The van der Waals surface area contributed by atoms with E-state index in [-0.39, 0.29) is 5.41 Å². The number of anilines is 1. The smallest absolute Gasteiger partial charge is 0.294 e. The van der Waals surface area contributed by atoms with Gasteiger partial charge in [-0.2, -0.15) is 4.98 Å². The Balaban J connectivity index is 2.41. The molecule has 0 saturated heterocycles. The number of nitrogens with one attached hydrogen (secondary N) is 1. The number of oxazole rings is 1. The van der Waals surface area contributed by atoms with Crippen LogP contribution in [0.3, 0.4) is 0 Å². The van der Waals surface area contributed by atoms with E-state index in [2.05, 4.69) is 56.2 Å². The average molecular weight is 244 g/mol. The minimum absolute atomic E-state index is 0.170. The Morgan fingerprint density at radius 3 is 2.44 bits per heavy atom. The van der Waals surface area contributed by atoms with Crippen molar-refractivity contribution < 1.29 is 4.42 Å². The van der Waals surface area contributed by atoms with E-state index in [0.29, 0.717) is 6.01 Å². The lowest BCUT2D eigenvalue weighted by Gasteiger charge is -2.20. The van der Waals surface area contributed by atoms with Gasteiger partial charge < -0.3 is 9.73 Å². The van der Waals surface area contributed by atoms with Crippen molar-refractivity contribution in [2.45, 2.75) is 33.1 Å². The summed E-state index contributed by atoms with van der Waals surface area (Å²) in [6.07, 6.45) is 1.69. The molecule has 0 radical (unpaired) electrons. The molecule has 2 aromatic rings. The Kier molecular flexibility index (Phi) is 3.16. The third kappa shape index (κ3) is 2.40. The van der Waals surface area contributed by atoms with Crippen LogP contribution >= 0.6 is 0 Å². The number of aromatic nitrogens is 1. The second-order valence-electron chi connectivity index (χ2n) is 5.57. The summed E-state index contributed by atoms with van der Waals surface area (Å²) < 4.78 is 5.30. The molecule has 3 heteroatoms. The molecule has 2 rings (SSSR count). The zero-order valence-electron chi connectivity index (χ0n) is 11.7. The van der Waals surface area contributed by atoms with Gasteiger partial charge in [-0.1, -0.05) is 39.0 Å². The summed E-state index contributed by atoms with van der Waals surface area (Å²) in [7, 11) is 1.80. The molecule has 0 aliphatic rings. The van der Waals surface area contributed by atoms with Gasteiger partial charge in [-0.3, -0.25) is 0 Å². The van der Waals surface area contributed by atoms with Crippen molar-refractivity contribution in [3.05, 3.63) is 35.6 Å². The predicted molar refractivity (Wildman–Crippen MR) is 74.9 cm³/mol. The molecule has 96 valence electrons. The van der Waals surface area contributed by atoms with Gasteiger partial charge in [0.15, 0.2) is 0 Å². The summed E-state index contributed by atoms with van der Waals surface area (Å²) in [5, 5.41) is 2.89. The van der Waals surface area contributed by atoms with E-state index < -0.39 is 0 Å². The molecule has 0 amide bonds. The molecule has 0 spiro atoms. The molecular weight excluding hydrogens is 224 g/mol. The molecule has 0 fully saturated rings. The number of hydrogen-bond acceptors (Lipinski definition) is 3. The maximum atomic E-state index is 5.30. The molecule has 0 aliphatic carbocycles. The number of hydrogen-bond donors (Lipinski definition) is 1. The van der Waals surface area contributed by atoms with Crippen LogP contribution in [-0.4, -0.2) is 12.0 Å². The maximum Gasteiger partial charge on any atom is 0.294 e. The zero-order valence-corrected chi connectivity index (χ0v) is 11.7. The standard InChI is InChI=1S/C15H20N2O/c1-10-8-11(15(2,3)4)6-7-12(10)13-9-18-14(16-5)17-13/h6-9H,1-5H3,(H,16,17). The van der Waals surface area contributed by atoms with Crippen LogP contribution in [0.15, 0.2) is 28.9 Å². The van der Waals surface area contributed by atoms with E-state index >= 15 is 0 Å². The van der Waals surface area contributed by atoms with Gasteiger partial charge >= 0.3 is 0 Å². The van der Waals surface area contributed by atoms with Gasteiger partial charge in [0.25, 0.3) is 6.01 Å². The second-order valence-corrected chi connectivity index (χ2v) is 5.57. The van der Waals surface area contributed by atoms with Crippen LogP contribution in [0.25, 0.3) is 11.3 Å². The van der Waals surface area contributed by atoms with E-state index in [1.165, 1.54) is 11.1 Å². The maximum absolute atomic E-state index is 5.30. The molecule has 1 N–H and O–H groups in total. The van der Waals surface area contributed by atoms with Crippen molar-refractivity contribution in [2.75, 3.05) is 12.4 Å². The van der Waals surface area contributed by atoms with Gasteiger partial charge in [0.2, 0.25) is 0 Å². The summed E-state index contributed by atoms with van der Waals surface area (Å²) in [5.41, 5.74) is 4.72. The summed E-state index contributed by atoms with van der Waals surface area (Å²) in [6, 6.07) is 7.05. The van der Waals surface area contributed by atoms with Crippen molar-refractivity contribution in [2.24, 2.45) is 0 Å². The van der Waals surface area contributed by atoms with E-state index in [4.69, 9.17) is 4.42 Å². The van der Waals surface area contributed by atoms with Gasteiger partial charge in [-0.25, -0.2) is 0 Å². The third-order valence-corrected chi connectivity index (χ3v) is 3.09. The van der Waals surface area contributed by atoms with Crippen LogP contribution in [0.4, 0.5) is 6.01 Å². The molecular formula is C15H20N2O. The quantitative estimate of drug-likeness (QED) is 0.868. The largest absolute Gasteiger partial charge is 0.432 e. The first-order valence-electron chi connectivity index (χ1n) is 6.16. The minimum Gasteiger partial charge on any atom is -0.432 e. The average Bonchev–Trinajstić information content (AvgIpc) is 2.76. The SMILES string of the molecule is CNc1nc(-c2ccc(C(C)(C)C)cc2C)co1. The highest BCUT2D eigenvalue weighted by molar-refractivity contribution is 5.64. The van der Waals surface area contributed by atoms with Crippen molar-refractivity contribution >= 4 is 6.01 Å². The Morgan fingerprint density at radius 2 is 1.94 bits per heavy atom. The first-order valence-corrected chi connectivity index (χ1v) is 6.16. The van der Waals surface area contributed by atoms with Crippen molar-refractivity contribution in [1.29, 1.82) is 0 Å². The first kappa shape index (κ1) is 12.7. The number of aryl methyl sites for hydroxylation is 1. The van der Waals surface area contributed by atoms with Crippen LogP contribution in [0.2, 0.25) is 0 Å². The molecule has 18 heavy (non-hydrogen) atoms. The topological polar surface area (TPSA) is 38.1 Å². The lowest BCUT2D eigenvalue weighted by atomic mass is 9.85. The summed E-state index contributed by atoms with van der Waals surface area (Å²) in [4.78, 5) is 4.37. The van der Waals surface area contributed by atoms with Crippen LogP contribution in [0, 0.1) is 6.92 Å². The second kappa shape index (κ2) is 4.48. The molecule has 1 aromatic heterocycles. The minimum atomic E-state index is 0.170. The van der Waals surface area contributed by atoms with Gasteiger partial charge in [0.05, 0.1) is 0 Å². The van der Waals surface area contributed by atoms with E-state index in [9.17, 15) is 0 Å². The fourth-order valence-corrected chi connectivity index (χ4v) is 1.93. The van der Waals surface area contributed by atoms with Crippen LogP contribution < -0.4 is 5.32 Å². The number of rotatable bonds is 2. The molecule has 1 heterocycles. The molecule has 0 bridgehead atoms. The van der Waals surface area contributed by atoms with Gasteiger partial charge in [-0.05, 0) is 23.5 Å². The highest BCUT2D eigenvalue weighted by Gasteiger charge is 2.15. The Morgan fingerprint density at radius 1 is 1.22 bits per heavy atom. The zero-order chi connectivity index (χ0) is 13.3. The molecule has 0 unspecified atom stereocenters. The molecule has 0 aliphatic heterocycles. The number of nitrogens with zero attached hydrogens (tertiary/aromatic N) is 1. The van der Waals surface area contributed by atoms with E-state index in [1.54, 1.807) is 13.3 Å². The van der Waals surface area contributed by atoms with Crippen LogP contribution in [0.5, 0.6) is 0 Å². The van der Waals surface area contributed by atoms with Crippen molar-refractivity contribution in [3.63, 3.8) is 0 Å². The normalized spacial score (nSPS) is 11.6. The van der Waals surface area contributed by atoms with Crippen molar-refractivity contribution in [3.8, 4) is 11.3 Å². The fourth-order valence-electron chi connectivity index (χ4n) is 1.93. The summed E-state index contributed by atoms with van der Waals surface area (Å²) in [6.45, 7) is 8.77. The van der Waals surface area contributed by atoms with E-state index in [0.717, 1.165) is 11.3 Å². The van der Waals surface area contributed by atoms with Gasteiger partial charge in [-0.15, -0.1) is 0 Å². The Bertz CT molecular complexity index is 550. The van der Waals surface area contributed by atoms with Gasteiger partial charge in [0, 0.05) is 12.6 Å². The molecule has 3 nitrogen and oxygen atoms in total. The highest BCUT2D eigenvalue weighted by atomic mass is 16.4. The summed E-state index contributed by atoms with van der Waals surface area (Å²) in [5.74, 6) is 0. The summed E-state index contributed by atoms with van der Waals surface area (Å²) >= 11 is 0. The number of benzene rings is 1. The monoisotopic (exact) mass is 244 g/mol. The van der Waals surface area contributed by atoms with Crippen molar-refractivity contribution in [1.82, 2.24) is 4.98 Å². The Hall–Kier alpha value is -1.77. The third-order valence-electron chi connectivity index (χ3n) is 3.09. The lowest BCUT2D eigenvalue weighted by molar-refractivity contribution is 0.576. The first-order chi connectivity index (χ1) is 8.41. The van der Waals surface area contributed by atoms with Gasteiger partial charge in [0.1, 0.15) is 12.0 Å². The van der Waals surface area contributed by atoms with E-state index in [1.807, 2.05) is 0 Å². The highest BCUT2D eigenvalue weighted by Crippen LogP contribution is 2.29. The Labute approximate surface area is 108 Å². The predicted octanol–water partition coefficient (Wildman–Crippen LogP) is 3.99. The fraction of sp³-hybridized carbons (Fsp3) is 0.400.